The zero-order valence-corrected chi connectivity index (χ0v) is 19.1. The molecule has 0 bridgehead atoms. The second-order valence-corrected chi connectivity index (χ2v) is 8.86. The summed E-state index contributed by atoms with van der Waals surface area (Å²) in [5.41, 5.74) is -1.36. The number of carbonyl (C=O) groups is 4. The topological polar surface area (TPSA) is 114 Å². The number of ether oxygens (including phenoxy) is 5. The molecule has 4 atom stereocenters. The van der Waals surface area contributed by atoms with Gasteiger partial charge in [-0.15, -0.1) is 0 Å². The Hall–Kier alpha value is -2.00. The molecule has 0 amide bonds. The van der Waals surface area contributed by atoms with Crippen molar-refractivity contribution >= 4 is 23.7 Å². The third-order valence-corrected chi connectivity index (χ3v) is 4.83. The molecule has 1 rings (SSSR count). The molecule has 0 N–H and O–H groups in total. The van der Waals surface area contributed by atoms with Crippen molar-refractivity contribution in [1.82, 2.24) is 0 Å². The summed E-state index contributed by atoms with van der Waals surface area (Å²) >= 11 is 0. The Morgan fingerprint density at radius 1 is 0.900 bits per heavy atom. The van der Waals surface area contributed by atoms with Gasteiger partial charge in [-0.25, -0.2) is 0 Å². The minimum atomic E-state index is -0.956. The molecule has 0 radical (unpaired) electrons. The fourth-order valence-corrected chi connectivity index (χ4v) is 3.56. The first-order chi connectivity index (χ1) is 13.6. The molecule has 1 aliphatic heterocycles. The summed E-state index contributed by atoms with van der Waals surface area (Å²) in [4.78, 5) is 46.4. The molecule has 1 saturated heterocycles. The molecular formula is C21H34O9. The molecule has 30 heavy (non-hydrogen) atoms. The van der Waals surface area contributed by atoms with Crippen LogP contribution in [0, 0.1) is 5.41 Å². The van der Waals surface area contributed by atoms with Gasteiger partial charge in [0.15, 0.2) is 12.4 Å². The second-order valence-electron chi connectivity index (χ2n) is 8.86. The lowest BCUT2D eigenvalue weighted by atomic mass is 9.79. The summed E-state index contributed by atoms with van der Waals surface area (Å²) in [5.74, 6) is -1.64. The summed E-state index contributed by atoms with van der Waals surface area (Å²) < 4.78 is 27.7. The van der Waals surface area contributed by atoms with Crippen LogP contribution in [0.15, 0.2) is 0 Å². The van der Waals surface area contributed by atoms with Gasteiger partial charge in [0.1, 0.15) is 24.6 Å². The van der Waals surface area contributed by atoms with E-state index in [1.54, 1.807) is 0 Å². The third-order valence-electron chi connectivity index (χ3n) is 4.83. The van der Waals surface area contributed by atoms with Crippen LogP contribution in [0.4, 0.5) is 0 Å². The van der Waals surface area contributed by atoms with Crippen LogP contribution in [0.1, 0.15) is 68.2 Å². The lowest BCUT2D eigenvalue weighted by molar-refractivity contribution is -0.291. The minimum Gasteiger partial charge on any atom is -0.463 e. The summed E-state index contributed by atoms with van der Waals surface area (Å²) in [6, 6.07) is 0. The summed E-state index contributed by atoms with van der Waals surface area (Å²) in [7, 11) is 0. The maximum absolute atomic E-state index is 11.9. The lowest BCUT2D eigenvalue weighted by Crippen LogP contribution is -2.55. The Labute approximate surface area is 177 Å². The fourth-order valence-electron chi connectivity index (χ4n) is 3.56. The third kappa shape index (κ3) is 8.39. The van der Waals surface area contributed by atoms with Crippen molar-refractivity contribution in [3.05, 3.63) is 0 Å². The summed E-state index contributed by atoms with van der Waals surface area (Å²) in [6.45, 7) is 12.4. The molecule has 0 aromatic heterocycles. The van der Waals surface area contributed by atoms with Crippen LogP contribution in [-0.2, 0) is 42.9 Å². The van der Waals surface area contributed by atoms with E-state index >= 15 is 0 Å². The highest BCUT2D eigenvalue weighted by atomic mass is 16.7. The van der Waals surface area contributed by atoms with Gasteiger partial charge in [0.05, 0.1) is 5.60 Å². The van der Waals surface area contributed by atoms with Gasteiger partial charge in [-0.1, -0.05) is 13.8 Å². The van der Waals surface area contributed by atoms with Gasteiger partial charge < -0.3 is 23.7 Å². The molecule has 0 unspecified atom stereocenters. The van der Waals surface area contributed by atoms with Gasteiger partial charge in [-0.3, -0.25) is 19.2 Å². The van der Waals surface area contributed by atoms with Crippen LogP contribution in [-0.4, -0.2) is 60.5 Å². The number of Topliss-reactive ketones (excluding diaryl/α,β-unsaturated/α-hetero) is 1. The first-order valence-corrected chi connectivity index (χ1v) is 9.95. The molecule has 1 fully saturated rings. The maximum Gasteiger partial charge on any atom is 0.303 e. The predicted molar refractivity (Wildman–Crippen MR) is 105 cm³/mol. The van der Waals surface area contributed by atoms with Crippen LogP contribution in [0.2, 0.25) is 0 Å². The Balaban J connectivity index is 3.06. The van der Waals surface area contributed by atoms with E-state index in [1.807, 2.05) is 27.7 Å². The number of hydrogen-bond donors (Lipinski definition) is 0. The van der Waals surface area contributed by atoms with E-state index in [-0.39, 0.29) is 18.8 Å². The number of esters is 3. The predicted octanol–water partition coefficient (Wildman–Crippen LogP) is 2.33. The maximum atomic E-state index is 11.9. The van der Waals surface area contributed by atoms with Crippen molar-refractivity contribution in [3.8, 4) is 0 Å². The van der Waals surface area contributed by atoms with Crippen LogP contribution in [0.25, 0.3) is 0 Å². The molecule has 0 spiro atoms. The SMILES string of the molecule is CC(=O)OC[C@H]1O[C@@H](OC(C)(C)CC(C)(C)C(C)=O)C[C@@H](OC(C)=O)[C@H]1OC(C)=O. The van der Waals surface area contributed by atoms with Crippen LogP contribution in [0.3, 0.4) is 0 Å². The first kappa shape index (κ1) is 26.0. The van der Waals surface area contributed by atoms with Crippen molar-refractivity contribution in [2.24, 2.45) is 5.41 Å². The fraction of sp³-hybridized carbons (Fsp3) is 0.810. The molecule has 0 aliphatic carbocycles. The summed E-state index contributed by atoms with van der Waals surface area (Å²) in [6.07, 6.45) is -2.99. The molecule has 9 heteroatoms. The quantitative estimate of drug-likeness (QED) is 0.401. The molecule has 0 aromatic rings. The van der Waals surface area contributed by atoms with Gasteiger partial charge in [0.2, 0.25) is 0 Å². The normalized spacial score (nSPS) is 24.7. The second kappa shape index (κ2) is 10.3. The van der Waals surface area contributed by atoms with Crippen LogP contribution in [0.5, 0.6) is 0 Å². The lowest BCUT2D eigenvalue weighted by Gasteiger charge is -2.43. The van der Waals surface area contributed by atoms with Crippen molar-refractivity contribution in [1.29, 1.82) is 0 Å². The Morgan fingerprint density at radius 3 is 1.93 bits per heavy atom. The van der Waals surface area contributed by atoms with Gasteiger partial charge in [-0.2, -0.15) is 0 Å². The summed E-state index contributed by atoms with van der Waals surface area (Å²) in [5, 5.41) is 0. The average Bonchev–Trinajstić information content (AvgIpc) is 2.52. The van der Waals surface area contributed by atoms with Crippen molar-refractivity contribution < 1.29 is 42.9 Å². The van der Waals surface area contributed by atoms with Crippen molar-refractivity contribution in [2.75, 3.05) is 6.61 Å². The average molecular weight is 430 g/mol. The van der Waals surface area contributed by atoms with E-state index in [4.69, 9.17) is 23.7 Å². The first-order valence-electron chi connectivity index (χ1n) is 9.95. The number of ketones is 1. The smallest absolute Gasteiger partial charge is 0.303 e. The van der Waals surface area contributed by atoms with Gasteiger partial charge >= 0.3 is 17.9 Å². The van der Waals surface area contributed by atoms with E-state index in [9.17, 15) is 19.2 Å². The molecule has 172 valence electrons. The minimum absolute atomic E-state index is 0.0317. The number of carbonyl (C=O) groups excluding carboxylic acids is 4. The van der Waals surface area contributed by atoms with Crippen LogP contribution >= 0.6 is 0 Å². The largest absolute Gasteiger partial charge is 0.463 e. The van der Waals surface area contributed by atoms with E-state index in [0.29, 0.717) is 6.42 Å². The molecule has 9 nitrogen and oxygen atoms in total. The highest BCUT2D eigenvalue weighted by Gasteiger charge is 2.46. The van der Waals surface area contributed by atoms with E-state index < -0.39 is 53.5 Å². The van der Waals surface area contributed by atoms with Crippen molar-refractivity contribution in [2.45, 2.75) is 98.4 Å². The van der Waals surface area contributed by atoms with Crippen LogP contribution < -0.4 is 0 Å². The van der Waals surface area contributed by atoms with E-state index in [0.717, 1.165) is 0 Å². The Morgan fingerprint density at radius 2 is 1.47 bits per heavy atom. The Kier molecular flexibility index (Phi) is 8.98. The monoisotopic (exact) mass is 430 g/mol. The molecule has 1 heterocycles. The highest BCUT2D eigenvalue weighted by Crippen LogP contribution is 2.35. The zero-order valence-electron chi connectivity index (χ0n) is 19.1. The van der Waals surface area contributed by atoms with Gasteiger partial charge in [0.25, 0.3) is 0 Å². The van der Waals surface area contributed by atoms with Crippen molar-refractivity contribution in [3.63, 3.8) is 0 Å². The van der Waals surface area contributed by atoms with E-state index in [1.165, 1.54) is 27.7 Å². The molecular weight excluding hydrogens is 396 g/mol. The molecule has 0 aromatic carbocycles. The van der Waals surface area contributed by atoms with E-state index in [2.05, 4.69) is 0 Å². The number of rotatable bonds is 9. The highest BCUT2D eigenvalue weighted by molar-refractivity contribution is 5.81. The van der Waals surface area contributed by atoms with Gasteiger partial charge in [-0.05, 0) is 27.2 Å². The standard InChI is InChI=1S/C21H34O9/c1-12(22)20(5,6)11-21(7,8)30-18-9-16(27-14(3)24)19(28-15(4)25)17(29-18)10-26-13(2)23/h16-19H,9-11H2,1-8H3/t16-,17-,18+,19-/m1/s1. The molecule has 1 aliphatic rings. The number of hydrogen-bond acceptors (Lipinski definition) is 9. The van der Waals surface area contributed by atoms with Gasteiger partial charge in [0, 0.05) is 32.6 Å². The zero-order chi connectivity index (χ0) is 23.3. The Bertz CT molecular complexity index is 653. The molecule has 0 saturated carbocycles.